The van der Waals surface area contributed by atoms with Crippen molar-refractivity contribution in [1.82, 2.24) is 10.2 Å². The minimum absolute atomic E-state index is 0.230. The molecule has 15 heavy (non-hydrogen) atoms. The summed E-state index contributed by atoms with van der Waals surface area (Å²) in [7, 11) is 4.16. The Morgan fingerprint density at radius 3 is 2.87 bits per heavy atom. The van der Waals surface area contributed by atoms with E-state index in [0.29, 0.717) is 12.7 Å². The molecular formula is C11H24N2O2. The highest BCUT2D eigenvalue weighted by molar-refractivity contribution is 4.71. The Hall–Kier alpha value is -0.160. The SMILES string of the molecule is CC1CNCC(COCCCN(C)C)O1. The van der Waals surface area contributed by atoms with Gasteiger partial charge < -0.3 is 19.7 Å². The standard InChI is InChI=1S/C11H24N2O2/c1-10-7-12-8-11(15-10)9-14-6-4-5-13(2)3/h10-12H,4-9H2,1-3H3. The summed E-state index contributed by atoms with van der Waals surface area (Å²) in [5, 5.41) is 3.33. The molecule has 1 N–H and O–H groups in total. The van der Waals surface area contributed by atoms with Gasteiger partial charge in [0.2, 0.25) is 0 Å². The van der Waals surface area contributed by atoms with Crippen LogP contribution in [0.25, 0.3) is 0 Å². The molecule has 1 rings (SSSR count). The van der Waals surface area contributed by atoms with Crippen molar-refractivity contribution in [3.63, 3.8) is 0 Å². The number of rotatable bonds is 6. The molecule has 1 aliphatic heterocycles. The van der Waals surface area contributed by atoms with Gasteiger partial charge in [-0.1, -0.05) is 0 Å². The van der Waals surface area contributed by atoms with Crippen LogP contribution in [0, 0.1) is 0 Å². The highest BCUT2D eigenvalue weighted by Crippen LogP contribution is 2.03. The van der Waals surface area contributed by atoms with E-state index >= 15 is 0 Å². The number of morpholine rings is 1. The normalized spacial score (nSPS) is 27.2. The predicted molar refractivity (Wildman–Crippen MR) is 61.2 cm³/mol. The van der Waals surface area contributed by atoms with Crippen molar-refractivity contribution in [2.24, 2.45) is 0 Å². The van der Waals surface area contributed by atoms with Gasteiger partial charge in [0.25, 0.3) is 0 Å². The van der Waals surface area contributed by atoms with Crippen LogP contribution in [-0.4, -0.2) is 64.1 Å². The molecule has 0 spiro atoms. The Morgan fingerprint density at radius 1 is 1.40 bits per heavy atom. The van der Waals surface area contributed by atoms with Crippen LogP contribution in [0.4, 0.5) is 0 Å². The zero-order valence-corrected chi connectivity index (χ0v) is 10.2. The van der Waals surface area contributed by atoms with Crippen molar-refractivity contribution in [2.75, 3.05) is 46.9 Å². The lowest BCUT2D eigenvalue weighted by atomic mass is 10.2. The second kappa shape index (κ2) is 7.17. The summed E-state index contributed by atoms with van der Waals surface area (Å²) < 4.78 is 11.3. The molecule has 4 nitrogen and oxygen atoms in total. The fourth-order valence-electron chi connectivity index (χ4n) is 1.67. The van der Waals surface area contributed by atoms with Crippen LogP contribution in [-0.2, 0) is 9.47 Å². The molecule has 2 atom stereocenters. The van der Waals surface area contributed by atoms with E-state index in [-0.39, 0.29) is 6.10 Å². The van der Waals surface area contributed by atoms with Crippen LogP contribution in [0.3, 0.4) is 0 Å². The van der Waals surface area contributed by atoms with Crippen LogP contribution < -0.4 is 5.32 Å². The maximum atomic E-state index is 5.72. The molecular weight excluding hydrogens is 192 g/mol. The number of hydrogen-bond acceptors (Lipinski definition) is 4. The third-order valence-electron chi connectivity index (χ3n) is 2.43. The first kappa shape index (κ1) is 12.9. The van der Waals surface area contributed by atoms with E-state index in [2.05, 4.69) is 31.2 Å². The van der Waals surface area contributed by atoms with Crippen LogP contribution in [0.1, 0.15) is 13.3 Å². The van der Waals surface area contributed by atoms with Crippen LogP contribution >= 0.6 is 0 Å². The second-order valence-electron chi connectivity index (χ2n) is 4.46. The lowest BCUT2D eigenvalue weighted by Crippen LogP contribution is -2.45. The topological polar surface area (TPSA) is 33.7 Å². The molecule has 1 fully saturated rings. The molecule has 90 valence electrons. The first-order valence-electron chi connectivity index (χ1n) is 5.77. The molecule has 1 aliphatic rings. The van der Waals surface area contributed by atoms with Gasteiger partial charge in [0, 0.05) is 19.7 Å². The molecule has 0 aromatic rings. The van der Waals surface area contributed by atoms with E-state index in [1.165, 1.54) is 0 Å². The molecule has 1 heterocycles. The lowest BCUT2D eigenvalue weighted by Gasteiger charge is -2.28. The number of nitrogens with one attached hydrogen (secondary N) is 1. The van der Waals surface area contributed by atoms with Gasteiger partial charge in [-0.15, -0.1) is 0 Å². The first-order valence-corrected chi connectivity index (χ1v) is 5.77. The molecule has 1 saturated heterocycles. The fourth-order valence-corrected chi connectivity index (χ4v) is 1.67. The second-order valence-corrected chi connectivity index (χ2v) is 4.46. The minimum Gasteiger partial charge on any atom is -0.379 e. The molecule has 0 bridgehead atoms. The molecule has 0 aromatic heterocycles. The maximum absolute atomic E-state index is 5.72. The Morgan fingerprint density at radius 2 is 2.20 bits per heavy atom. The zero-order chi connectivity index (χ0) is 11.1. The van der Waals surface area contributed by atoms with Crippen molar-refractivity contribution in [3.8, 4) is 0 Å². The summed E-state index contributed by atoms with van der Waals surface area (Å²) in [6.07, 6.45) is 1.63. The van der Waals surface area contributed by atoms with Crippen LogP contribution in [0.2, 0.25) is 0 Å². The predicted octanol–water partition coefficient (Wildman–Crippen LogP) is 0.332. The van der Waals surface area contributed by atoms with Crippen molar-refractivity contribution >= 4 is 0 Å². The van der Waals surface area contributed by atoms with Gasteiger partial charge in [-0.05, 0) is 34.0 Å². The fraction of sp³-hybridized carbons (Fsp3) is 1.00. The quantitative estimate of drug-likeness (QED) is 0.649. The van der Waals surface area contributed by atoms with E-state index in [1.807, 2.05) is 0 Å². The summed E-state index contributed by atoms with van der Waals surface area (Å²) >= 11 is 0. The van der Waals surface area contributed by atoms with Gasteiger partial charge >= 0.3 is 0 Å². The van der Waals surface area contributed by atoms with Crippen molar-refractivity contribution in [2.45, 2.75) is 25.6 Å². The van der Waals surface area contributed by atoms with E-state index in [9.17, 15) is 0 Å². The zero-order valence-electron chi connectivity index (χ0n) is 10.2. The first-order chi connectivity index (χ1) is 7.18. The maximum Gasteiger partial charge on any atom is 0.0936 e. The molecule has 0 saturated carbocycles. The summed E-state index contributed by atoms with van der Waals surface area (Å²) in [4.78, 5) is 2.17. The largest absolute Gasteiger partial charge is 0.379 e. The van der Waals surface area contributed by atoms with E-state index in [1.54, 1.807) is 0 Å². The van der Waals surface area contributed by atoms with Crippen LogP contribution in [0.5, 0.6) is 0 Å². The number of ether oxygens (including phenoxy) is 2. The van der Waals surface area contributed by atoms with Gasteiger partial charge in [0.15, 0.2) is 0 Å². The van der Waals surface area contributed by atoms with E-state index in [4.69, 9.17) is 9.47 Å². The van der Waals surface area contributed by atoms with Crippen molar-refractivity contribution in [3.05, 3.63) is 0 Å². The van der Waals surface area contributed by atoms with Crippen molar-refractivity contribution < 1.29 is 9.47 Å². The molecule has 4 heteroatoms. The number of hydrogen-bond donors (Lipinski definition) is 1. The molecule has 0 aromatic carbocycles. The average molecular weight is 216 g/mol. The van der Waals surface area contributed by atoms with Crippen LogP contribution in [0.15, 0.2) is 0 Å². The summed E-state index contributed by atoms with van der Waals surface area (Å²) in [5.41, 5.74) is 0. The molecule has 0 amide bonds. The molecule has 2 unspecified atom stereocenters. The van der Waals surface area contributed by atoms with Crippen molar-refractivity contribution in [1.29, 1.82) is 0 Å². The smallest absolute Gasteiger partial charge is 0.0936 e. The Bertz CT molecular complexity index is 165. The summed E-state index contributed by atoms with van der Waals surface area (Å²) in [5.74, 6) is 0. The van der Waals surface area contributed by atoms with Gasteiger partial charge in [-0.3, -0.25) is 0 Å². The Labute approximate surface area is 92.9 Å². The number of nitrogens with zero attached hydrogens (tertiary/aromatic N) is 1. The van der Waals surface area contributed by atoms with Gasteiger partial charge in [-0.2, -0.15) is 0 Å². The Kier molecular flexibility index (Phi) is 6.17. The highest BCUT2D eigenvalue weighted by Gasteiger charge is 2.18. The third-order valence-corrected chi connectivity index (χ3v) is 2.43. The molecule has 0 radical (unpaired) electrons. The molecule has 0 aliphatic carbocycles. The average Bonchev–Trinajstić information content (AvgIpc) is 2.17. The summed E-state index contributed by atoms with van der Waals surface area (Å²) in [6.45, 7) is 6.58. The summed E-state index contributed by atoms with van der Waals surface area (Å²) in [6, 6.07) is 0. The van der Waals surface area contributed by atoms with Gasteiger partial charge in [0.1, 0.15) is 0 Å². The monoisotopic (exact) mass is 216 g/mol. The Balaban J connectivity index is 1.95. The highest BCUT2D eigenvalue weighted by atomic mass is 16.5. The minimum atomic E-state index is 0.230. The van der Waals surface area contributed by atoms with E-state index in [0.717, 1.165) is 32.7 Å². The third kappa shape index (κ3) is 6.10. The lowest BCUT2D eigenvalue weighted by molar-refractivity contribution is -0.0690. The van der Waals surface area contributed by atoms with Gasteiger partial charge in [0.05, 0.1) is 18.8 Å². The van der Waals surface area contributed by atoms with E-state index < -0.39 is 0 Å². The van der Waals surface area contributed by atoms with Gasteiger partial charge in [-0.25, -0.2) is 0 Å².